The lowest BCUT2D eigenvalue weighted by molar-refractivity contribution is 0.102. The molecule has 5 nitrogen and oxygen atoms in total. The molecule has 0 fully saturated rings. The van der Waals surface area contributed by atoms with E-state index in [0.717, 1.165) is 12.1 Å². The van der Waals surface area contributed by atoms with E-state index in [2.05, 4.69) is 15.5 Å². The van der Waals surface area contributed by atoms with Crippen molar-refractivity contribution in [3.8, 4) is 0 Å². The van der Waals surface area contributed by atoms with Crippen molar-refractivity contribution in [2.75, 3.05) is 5.32 Å². The van der Waals surface area contributed by atoms with E-state index in [1.165, 1.54) is 0 Å². The predicted octanol–water partition coefficient (Wildman–Crippen LogP) is 1.92. The van der Waals surface area contributed by atoms with Gasteiger partial charge in [-0.2, -0.15) is 5.10 Å². The smallest absolute Gasteiger partial charge is 0.277 e. The summed E-state index contributed by atoms with van der Waals surface area (Å²) in [5.74, 6) is -2.45. The van der Waals surface area contributed by atoms with Crippen LogP contribution in [-0.2, 0) is 0 Å². The Balaban J connectivity index is 2.38. The van der Waals surface area contributed by atoms with Crippen LogP contribution in [0.1, 0.15) is 21.6 Å². The van der Waals surface area contributed by atoms with Crippen LogP contribution in [-0.4, -0.2) is 16.1 Å². The van der Waals surface area contributed by atoms with Crippen LogP contribution in [0.5, 0.6) is 0 Å². The zero-order chi connectivity index (χ0) is 14.9. The predicted molar refractivity (Wildman–Crippen MR) is 68.6 cm³/mol. The van der Waals surface area contributed by atoms with Crippen LogP contribution < -0.4 is 10.9 Å². The summed E-state index contributed by atoms with van der Waals surface area (Å²) in [7, 11) is 0. The van der Waals surface area contributed by atoms with Gasteiger partial charge in [0.2, 0.25) is 0 Å². The zero-order valence-corrected chi connectivity index (χ0v) is 10.8. The van der Waals surface area contributed by atoms with Crippen molar-refractivity contribution in [2.45, 2.75) is 13.8 Å². The molecular formula is C13H11F2N3O2. The Hall–Kier alpha value is -2.57. The summed E-state index contributed by atoms with van der Waals surface area (Å²) in [5, 5.41) is 8.13. The van der Waals surface area contributed by atoms with Gasteiger partial charge in [-0.25, -0.2) is 13.9 Å². The maximum Gasteiger partial charge on any atom is 0.277 e. The molecule has 0 aliphatic heterocycles. The molecule has 0 radical (unpaired) electrons. The number of hydrogen-bond acceptors (Lipinski definition) is 3. The fourth-order valence-electron chi connectivity index (χ4n) is 1.67. The highest BCUT2D eigenvalue weighted by molar-refractivity contribution is 6.05. The molecular weight excluding hydrogens is 268 g/mol. The molecule has 0 aliphatic rings. The number of nitrogens with zero attached hydrogens (tertiary/aromatic N) is 1. The quantitative estimate of drug-likeness (QED) is 0.881. The Bertz CT molecular complexity index is 741. The van der Waals surface area contributed by atoms with Gasteiger partial charge in [0.05, 0.1) is 11.4 Å². The van der Waals surface area contributed by atoms with Crippen molar-refractivity contribution in [2.24, 2.45) is 0 Å². The monoisotopic (exact) mass is 279 g/mol. The number of aryl methyl sites for hydroxylation is 1. The van der Waals surface area contributed by atoms with Gasteiger partial charge in [0.1, 0.15) is 17.2 Å². The lowest BCUT2D eigenvalue weighted by Crippen LogP contribution is -2.26. The van der Waals surface area contributed by atoms with Gasteiger partial charge >= 0.3 is 0 Å². The van der Waals surface area contributed by atoms with Crippen molar-refractivity contribution < 1.29 is 13.6 Å². The van der Waals surface area contributed by atoms with Crippen molar-refractivity contribution in [1.29, 1.82) is 0 Å². The van der Waals surface area contributed by atoms with Crippen LogP contribution in [0.3, 0.4) is 0 Å². The molecule has 0 bridgehead atoms. The lowest BCUT2D eigenvalue weighted by Gasteiger charge is -2.08. The molecule has 1 aromatic carbocycles. The second kappa shape index (κ2) is 5.20. The van der Waals surface area contributed by atoms with Gasteiger partial charge < -0.3 is 5.32 Å². The van der Waals surface area contributed by atoms with E-state index in [1.54, 1.807) is 13.8 Å². The van der Waals surface area contributed by atoms with Crippen LogP contribution in [0.4, 0.5) is 14.5 Å². The lowest BCUT2D eigenvalue weighted by atomic mass is 10.1. The number of amides is 1. The highest BCUT2D eigenvalue weighted by atomic mass is 19.1. The third kappa shape index (κ3) is 2.56. The number of nitrogens with one attached hydrogen (secondary N) is 2. The molecule has 2 N–H and O–H groups in total. The van der Waals surface area contributed by atoms with E-state index in [9.17, 15) is 18.4 Å². The molecule has 0 aliphatic carbocycles. The molecule has 1 amide bonds. The van der Waals surface area contributed by atoms with Crippen molar-refractivity contribution >= 4 is 11.6 Å². The van der Waals surface area contributed by atoms with Crippen LogP contribution in [0.2, 0.25) is 0 Å². The van der Waals surface area contributed by atoms with Crippen LogP contribution in [0.25, 0.3) is 0 Å². The van der Waals surface area contributed by atoms with Gasteiger partial charge in [-0.15, -0.1) is 0 Å². The van der Waals surface area contributed by atoms with E-state index < -0.39 is 23.1 Å². The first-order valence-electron chi connectivity index (χ1n) is 5.72. The Kier molecular flexibility index (Phi) is 3.60. The molecule has 0 saturated carbocycles. The maximum atomic E-state index is 13.5. The van der Waals surface area contributed by atoms with E-state index in [1.807, 2.05) is 0 Å². The van der Waals surface area contributed by atoms with Gasteiger partial charge in [0.15, 0.2) is 0 Å². The van der Waals surface area contributed by atoms with Crippen LogP contribution in [0.15, 0.2) is 23.0 Å². The number of aromatic nitrogens is 2. The largest absolute Gasteiger partial charge is 0.319 e. The summed E-state index contributed by atoms with van der Waals surface area (Å²) in [6, 6.07) is 2.73. The fraction of sp³-hybridized carbons (Fsp3) is 0.154. The Labute approximate surface area is 112 Å². The average molecular weight is 279 g/mol. The summed E-state index contributed by atoms with van der Waals surface area (Å²) in [6.07, 6.45) is 0. The molecule has 2 aromatic rings. The molecule has 2 rings (SSSR count). The molecule has 7 heteroatoms. The number of hydrogen-bond donors (Lipinski definition) is 2. The maximum absolute atomic E-state index is 13.5. The summed E-state index contributed by atoms with van der Waals surface area (Å²) >= 11 is 0. The standard InChI is InChI=1S/C13H11F2N3O2/c1-6-7(2)17-18-13(20)11(6)12(19)16-10-4-3-8(14)5-9(10)15/h3-5H,1-2H3,(H,16,19)(H,18,20). The Morgan fingerprint density at radius 2 is 2.00 bits per heavy atom. The number of rotatable bonds is 2. The number of H-pyrrole nitrogens is 1. The van der Waals surface area contributed by atoms with E-state index >= 15 is 0 Å². The number of carbonyl (C=O) groups is 1. The Morgan fingerprint density at radius 1 is 1.30 bits per heavy atom. The third-order valence-electron chi connectivity index (χ3n) is 2.88. The van der Waals surface area contributed by atoms with Gasteiger partial charge in [-0.3, -0.25) is 9.59 Å². The second-order valence-corrected chi connectivity index (χ2v) is 4.22. The van der Waals surface area contributed by atoms with Gasteiger partial charge in [0, 0.05) is 6.07 Å². The topological polar surface area (TPSA) is 74.8 Å². The Morgan fingerprint density at radius 3 is 2.65 bits per heavy atom. The number of carbonyl (C=O) groups excluding carboxylic acids is 1. The number of anilines is 1. The van der Waals surface area contributed by atoms with Crippen molar-refractivity contribution in [1.82, 2.24) is 10.2 Å². The minimum Gasteiger partial charge on any atom is -0.319 e. The fourth-order valence-corrected chi connectivity index (χ4v) is 1.67. The first-order chi connectivity index (χ1) is 9.40. The second-order valence-electron chi connectivity index (χ2n) is 4.22. The highest BCUT2D eigenvalue weighted by Gasteiger charge is 2.17. The molecule has 104 valence electrons. The van der Waals surface area contributed by atoms with Crippen molar-refractivity contribution in [3.05, 3.63) is 57.0 Å². The van der Waals surface area contributed by atoms with Gasteiger partial charge in [0.25, 0.3) is 11.5 Å². The summed E-state index contributed by atoms with van der Waals surface area (Å²) in [5.41, 5.74) is -0.151. The third-order valence-corrected chi connectivity index (χ3v) is 2.88. The first kappa shape index (κ1) is 13.9. The minimum absolute atomic E-state index is 0.152. The number of halogens is 2. The summed E-state index contributed by atoms with van der Waals surface area (Å²) < 4.78 is 26.2. The van der Waals surface area contributed by atoms with Crippen LogP contribution in [0, 0.1) is 25.5 Å². The molecule has 1 heterocycles. The SMILES string of the molecule is Cc1n[nH]c(=O)c(C(=O)Nc2ccc(F)cc2F)c1C. The van der Waals surface area contributed by atoms with Crippen molar-refractivity contribution in [3.63, 3.8) is 0 Å². The normalized spacial score (nSPS) is 10.4. The first-order valence-corrected chi connectivity index (χ1v) is 5.72. The van der Waals surface area contributed by atoms with E-state index in [4.69, 9.17) is 0 Å². The summed E-state index contributed by atoms with van der Waals surface area (Å²) in [6.45, 7) is 3.19. The molecule has 0 atom stereocenters. The van der Waals surface area contributed by atoms with Gasteiger partial charge in [-0.1, -0.05) is 0 Å². The minimum atomic E-state index is -0.918. The molecule has 0 spiro atoms. The summed E-state index contributed by atoms with van der Waals surface area (Å²) in [4.78, 5) is 23.7. The number of benzene rings is 1. The molecule has 1 aromatic heterocycles. The van der Waals surface area contributed by atoms with E-state index in [-0.39, 0.29) is 11.3 Å². The highest BCUT2D eigenvalue weighted by Crippen LogP contribution is 2.16. The van der Waals surface area contributed by atoms with Crippen LogP contribution >= 0.6 is 0 Å². The van der Waals surface area contributed by atoms with E-state index in [0.29, 0.717) is 17.3 Å². The average Bonchev–Trinajstić information content (AvgIpc) is 2.38. The number of aromatic amines is 1. The molecule has 0 unspecified atom stereocenters. The molecule has 20 heavy (non-hydrogen) atoms. The molecule has 0 saturated heterocycles. The van der Waals surface area contributed by atoms with Gasteiger partial charge in [-0.05, 0) is 31.5 Å². The zero-order valence-electron chi connectivity index (χ0n) is 10.8.